The lowest BCUT2D eigenvalue weighted by atomic mass is 10.1. The first-order valence-electron chi connectivity index (χ1n) is 7.25. The van der Waals surface area contributed by atoms with E-state index in [1.54, 1.807) is 0 Å². The summed E-state index contributed by atoms with van der Waals surface area (Å²) in [4.78, 5) is 11.4. The lowest BCUT2D eigenvalue weighted by molar-refractivity contribution is -0.121. The van der Waals surface area contributed by atoms with E-state index in [0.717, 1.165) is 22.3 Å². The number of carbonyl (C=O) groups is 1. The molecule has 0 saturated carbocycles. The number of halogens is 1. The van der Waals surface area contributed by atoms with Crippen LogP contribution in [0.4, 0.5) is 0 Å². The molecule has 0 saturated heterocycles. The third kappa shape index (κ3) is 7.48. The van der Waals surface area contributed by atoms with Gasteiger partial charge >= 0.3 is 0 Å². The molecule has 1 aromatic carbocycles. The second-order valence-electron chi connectivity index (χ2n) is 5.91. The first-order chi connectivity index (χ1) is 9.81. The van der Waals surface area contributed by atoms with Gasteiger partial charge in [-0.2, -0.15) is 0 Å². The number of amides is 1. The highest BCUT2D eigenvalue weighted by Gasteiger charge is 2.10. The van der Waals surface area contributed by atoms with Gasteiger partial charge in [-0.25, -0.2) is 0 Å². The zero-order valence-corrected chi connectivity index (χ0v) is 14.8. The van der Waals surface area contributed by atoms with Crippen LogP contribution in [0.1, 0.15) is 39.7 Å². The van der Waals surface area contributed by atoms with E-state index in [9.17, 15) is 4.79 Å². The summed E-state index contributed by atoms with van der Waals surface area (Å²) in [5.74, 6) is 0.803. The van der Waals surface area contributed by atoms with Crippen molar-refractivity contribution in [3.8, 4) is 5.75 Å². The molecule has 0 aliphatic heterocycles. The van der Waals surface area contributed by atoms with Crippen LogP contribution in [0.2, 0.25) is 0 Å². The Hall–Kier alpha value is -1.07. The van der Waals surface area contributed by atoms with Gasteiger partial charge in [0.1, 0.15) is 5.75 Å². The zero-order chi connectivity index (χ0) is 15.9. The number of hydrogen-bond donors (Lipinski definition) is 2. The van der Waals surface area contributed by atoms with Gasteiger partial charge in [0.2, 0.25) is 5.91 Å². The van der Waals surface area contributed by atoms with E-state index in [4.69, 9.17) is 4.74 Å². The fourth-order valence-electron chi connectivity index (χ4n) is 1.68. The molecule has 5 heteroatoms. The van der Waals surface area contributed by atoms with E-state index in [1.165, 1.54) is 0 Å². The van der Waals surface area contributed by atoms with Crippen molar-refractivity contribution in [2.45, 2.75) is 46.2 Å². The van der Waals surface area contributed by atoms with E-state index < -0.39 is 0 Å². The maximum Gasteiger partial charge on any atom is 0.223 e. The second kappa shape index (κ2) is 8.39. The Balaban J connectivity index is 2.54. The molecule has 1 aromatic rings. The largest absolute Gasteiger partial charge is 0.493 e. The molecule has 2 N–H and O–H groups in total. The summed E-state index contributed by atoms with van der Waals surface area (Å²) in [5, 5.41) is 6.20. The van der Waals surface area contributed by atoms with E-state index >= 15 is 0 Å². The summed E-state index contributed by atoms with van der Waals surface area (Å²) in [5.41, 5.74) is 1.20. The molecular weight excluding hydrogens is 332 g/mol. The normalized spacial score (nSPS) is 11.3. The predicted molar refractivity (Wildman–Crippen MR) is 89.5 cm³/mol. The van der Waals surface area contributed by atoms with Crippen LogP contribution in [0, 0.1) is 0 Å². The van der Waals surface area contributed by atoms with Crippen LogP contribution < -0.4 is 15.4 Å². The van der Waals surface area contributed by atoms with Crippen LogP contribution in [0.15, 0.2) is 22.7 Å². The maximum absolute atomic E-state index is 11.4. The van der Waals surface area contributed by atoms with E-state index in [-0.39, 0.29) is 11.4 Å². The molecule has 0 aliphatic carbocycles. The van der Waals surface area contributed by atoms with Gasteiger partial charge in [0, 0.05) is 23.1 Å². The van der Waals surface area contributed by atoms with Crippen LogP contribution in [0.5, 0.6) is 5.75 Å². The van der Waals surface area contributed by atoms with Crippen LogP contribution in [0.25, 0.3) is 0 Å². The first kappa shape index (κ1) is 18.0. The highest BCUT2D eigenvalue weighted by molar-refractivity contribution is 9.10. The van der Waals surface area contributed by atoms with Crippen LogP contribution in [0.3, 0.4) is 0 Å². The molecule has 0 heterocycles. The lowest BCUT2D eigenvalue weighted by Gasteiger charge is -2.21. The van der Waals surface area contributed by atoms with Gasteiger partial charge in [-0.15, -0.1) is 0 Å². The minimum atomic E-state index is 0.0178. The Morgan fingerprint density at radius 2 is 2.05 bits per heavy atom. The number of carbonyl (C=O) groups excluding carboxylic acids is 1. The molecule has 0 radical (unpaired) electrons. The Bertz CT molecular complexity index is 470. The third-order valence-electron chi connectivity index (χ3n) is 2.80. The number of benzene rings is 1. The summed E-state index contributed by atoms with van der Waals surface area (Å²) in [7, 11) is 0. The van der Waals surface area contributed by atoms with Crippen LogP contribution in [-0.2, 0) is 11.3 Å². The van der Waals surface area contributed by atoms with Crippen molar-refractivity contribution in [2.75, 3.05) is 13.2 Å². The topological polar surface area (TPSA) is 50.4 Å². The molecule has 21 heavy (non-hydrogen) atoms. The minimum absolute atomic E-state index is 0.0178. The van der Waals surface area contributed by atoms with Crippen LogP contribution in [-0.4, -0.2) is 24.6 Å². The summed E-state index contributed by atoms with van der Waals surface area (Å²) in [6.07, 6.45) is 0.374. The molecule has 0 bridgehead atoms. The van der Waals surface area contributed by atoms with Gasteiger partial charge in [0.25, 0.3) is 0 Å². The number of hydrogen-bond acceptors (Lipinski definition) is 3. The minimum Gasteiger partial charge on any atom is -0.493 e. The number of nitrogens with one attached hydrogen (secondary N) is 2. The Labute approximate surface area is 135 Å². The number of ether oxygens (including phenoxy) is 1. The summed E-state index contributed by atoms with van der Waals surface area (Å²) in [6.45, 7) is 10.1. The van der Waals surface area contributed by atoms with Crippen LogP contribution >= 0.6 is 15.9 Å². The highest BCUT2D eigenvalue weighted by atomic mass is 79.9. The molecule has 0 atom stereocenters. The van der Waals surface area contributed by atoms with Crippen molar-refractivity contribution in [1.29, 1.82) is 0 Å². The third-order valence-corrected chi connectivity index (χ3v) is 3.57. The molecule has 0 fully saturated rings. The van der Waals surface area contributed by atoms with E-state index in [1.807, 2.05) is 25.1 Å². The van der Waals surface area contributed by atoms with Crippen molar-refractivity contribution in [3.05, 3.63) is 28.2 Å². The van der Waals surface area contributed by atoms with Gasteiger partial charge in [-0.1, -0.05) is 15.9 Å². The Kier molecular flexibility index (Phi) is 7.18. The average molecular weight is 357 g/mol. The number of rotatable bonds is 7. The van der Waals surface area contributed by atoms with Crippen molar-refractivity contribution < 1.29 is 9.53 Å². The molecular formula is C16H25BrN2O2. The monoisotopic (exact) mass is 356 g/mol. The van der Waals surface area contributed by atoms with Crippen molar-refractivity contribution in [1.82, 2.24) is 10.6 Å². The van der Waals surface area contributed by atoms with Gasteiger partial charge in [0.15, 0.2) is 0 Å². The Morgan fingerprint density at radius 1 is 1.33 bits per heavy atom. The molecule has 118 valence electrons. The van der Waals surface area contributed by atoms with Gasteiger partial charge in [-0.3, -0.25) is 4.79 Å². The average Bonchev–Trinajstić information content (AvgIpc) is 2.38. The highest BCUT2D eigenvalue weighted by Crippen LogP contribution is 2.23. The van der Waals surface area contributed by atoms with Gasteiger partial charge < -0.3 is 15.4 Å². The fraction of sp³-hybridized carbons (Fsp3) is 0.562. The summed E-state index contributed by atoms with van der Waals surface area (Å²) in [6, 6.07) is 5.88. The summed E-state index contributed by atoms with van der Waals surface area (Å²) < 4.78 is 6.69. The smallest absolute Gasteiger partial charge is 0.223 e. The fourth-order valence-corrected chi connectivity index (χ4v) is 2.07. The maximum atomic E-state index is 11.4. The van der Waals surface area contributed by atoms with E-state index in [2.05, 4.69) is 47.3 Å². The second-order valence-corrected chi connectivity index (χ2v) is 6.76. The quantitative estimate of drug-likeness (QED) is 0.788. The van der Waals surface area contributed by atoms with Gasteiger partial charge in [-0.05, 0) is 51.5 Å². The predicted octanol–water partition coefficient (Wildman–Crippen LogP) is 3.24. The van der Waals surface area contributed by atoms with Gasteiger partial charge in [0.05, 0.1) is 13.0 Å². The zero-order valence-electron chi connectivity index (χ0n) is 13.3. The molecule has 4 nitrogen and oxygen atoms in total. The van der Waals surface area contributed by atoms with Crippen molar-refractivity contribution in [3.63, 3.8) is 0 Å². The Morgan fingerprint density at radius 3 is 2.67 bits per heavy atom. The molecule has 0 aromatic heterocycles. The lowest BCUT2D eigenvalue weighted by Crippen LogP contribution is -2.35. The first-order valence-corrected chi connectivity index (χ1v) is 8.04. The molecule has 0 aliphatic rings. The van der Waals surface area contributed by atoms with Crippen molar-refractivity contribution in [2.24, 2.45) is 0 Å². The summed E-state index contributed by atoms with van der Waals surface area (Å²) >= 11 is 3.55. The SMILES string of the molecule is CCNC(=O)CCOc1ccc(Br)c(CNC(C)(C)C)c1. The van der Waals surface area contributed by atoms with E-state index in [0.29, 0.717) is 19.6 Å². The molecule has 0 spiro atoms. The standard InChI is InChI=1S/C16H25BrN2O2/c1-5-18-15(20)8-9-21-13-6-7-14(17)12(10-13)11-19-16(2,3)4/h6-7,10,19H,5,8-9,11H2,1-4H3,(H,18,20). The molecule has 1 rings (SSSR count). The molecule has 0 unspecified atom stereocenters. The molecule has 1 amide bonds. The van der Waals surface area contributed by atoms with Crippen molar-refractivity contribution >= 4 is 21.8 Å².